The monoisotopic (exact) mass is 529 g/mol. The molecule has 9 N–H and O–H groups in total. The summed E-state index contributed by atoms with van der Waals surface area (Å²) >= 11 is 0. The molecular formula is C21H37F2N3O10. The highest BCUT2D eigenvalue weighted by Crippen LogP contribution is 2.39. The molecule has 36 heavy (non-hydrogen) atoms. The van der Waals surface area contributed by atoms with Crippen molar-refractivity contribution >= 4 is 17.8 Å². The number of halogens is 2. The molecular weight excluding hydrogens is 492 g/mol. The number of nitrogens with one attached hydrogen (secondary N) is 3. The average molecular weight is 530 g/mol. The van der Waals surface area contributed by atoms with E-state index in [9.17, 15) is 43.6 Å². The van der Waals surface area contributed by atoms with E-state index in [-0.39, 0.29) is 6.54 Å². The first-order valence-electron chi connectivity index (χ1n) is 11.6. The van der Waals surface area contributed by atoms with Gasteiger partial charge in [0, 0.05) is 5.92 Å². The van der Waals surface area contributed by atoms with Crippen molar-refractivity contribution in [3.63, 3.8) is 0 Å². The molecule has 8 atom stereocenters. The van der Waals surface area contributed by atoms with Crippen LogP contribution in [0.15, 0.2) is 0 Å². The van der Waals surface area contributed by atoms with E-state index < -0.39 is 85.1 Å². The SMILES string of the molecule is C[C@H](NC(=O)[C@H](C)NC(=O)[C@@H](C)CCCCNCC(F)(F)[C@]1(O)O[C@H](CO)[C@H](O)[C@H](O)[C@H]1O)C(=O)O. The van der Waals surface area contributed by atoms with Gasteiger partial charge in [0.05, 0.1) is 13.2 Å². The van der Waals surface area contributed by atoms with Crippen molar-refractivity contribution in [2.45, 2.75) is 88.2 Å². The number of carboxylic acid groups (broad SMARTS) is 1. The van der Waals surface area contributed by atoms with Crippen molar-refractivity contribution in [2.75, 3.05) is 19.7 Å². The average Bonchev–Trinajstić information content (AvgIpc) is 2.81. The molecule has 0 saturated carbocycles. The van der Waals surface area contributed by atoms with Gasteiger partial charge in [0.25, 0.3) is 5.79 Å². The van der Waals surface area contributed by atoms with Crippen molar-refractivity contribution in [1.82, 2.24) is 16.0 Å². The number of amides is 2. The number of unbranched alkanes of at least 4 members (excludes halogenated alkanes) is 1. The van der Waals surface area contributed by atoms with Gasteiger partial charge in [0.1, 0.15) is 36.5 Å². The molecule has 13 nitrogen and oxygen atoms in total. The lowest BCUT2D eigenvalue weighted by atomic mass is 9.88. The van der Waals surface area contributed by atoms with Gasteiger partial charge in [-0.1, -0.05) is 13.3 Å². The number of aliphatic hydroxyl groups excluding tert-OH is 4. The van der Waals surface area contributed by atoms with Gasteiger partial charge in [-0.3, -0.25) is 14.4 Å². The lowest BCUT2D eigenvalue weighted by molar-refractivity contribution is -0.409. The van der Waals surface area contributed by atoms with E-state index in [2.05, 4.69) is 20.7 Å². The standard InChI is InChI=1S/C21H37F2N3O10/c1-10(17(31)25-11(2)18(32)26-12(3)19(33)34)6-4-5-7-24-9-20(22,23)21(35)16(30)15(29)14(28)13(8-27)36-21/h10-16,24,27-30,35H,4-9H2,1-3H3,(H,25,31)(H,26,32)(H,33,34)/t10-,11-,12-,13+,14-,15-,16+,21+/m0/s1. The van der Waals surface area contributed by atoms with Crippen molar-refractivity contribution in [2.24, 2.45) is 5.92 Å². The summed E-state index contributed by atoms with van der Waals surface area (Å²) in [6.45, 7) is 2.20. The quantitative estimate of drug-likeness (QED) is 0.105. The number of aliphatic carboxylic acids is 1. The van der Waals surface area contributed by atoms with E-state index in [1.807, 2.05) is 0 Å². The Morgan fingerprint density at radius 2 is 1.58 bits per heavy atom. The van der Waals surface area contributed by atoms with Gasteiger partial charge in [-0.05, 0) is 33.2 Å². The summed E-state index contributed by atoms with van der Waals surface area (Å²) in [6.07, 6.45) is -7.18. The van der Waals surface area contributed by atoms with E-state index in [0.717, 1.165) is 0 Å². The van der Waals surface area contributed by atoms with Gasteiger partial charge in [-0.25, -0.2) is 0 Å². The van der Waals surface area contributed by atoms with E-state index in [4.69, 9.17) is 10.2 Å². The molecule has 0 aromatic rings. The number of ether oxygens (including phenoxy) is 1. The molecule has 1 fully saturated rings. The minimum absolute atomic E-state index is 0.0383. The highest BCUT2D eigenvalue weighted by molar-refractivity contribution is 5.90. The van der Waals surface area contributed by atoms with E-state index >= 15 is 0 Å². The largest absolute Gasteiger partial charge is 0.480 e. The molecule has 0 aromatic heterocycles. The molecule has 0 bridgehead atoms. The van der Waals surface area contributed by atoms with Crippen LogP contribution in [0, 0.1) is 5.92 Å². The van der Waals surface area contributed by atoms with Crippen LogP contribution in [-0.2, 0) is 19.1 Å². The van der Waals surface area contributed by atoms with E-state index in [1.54, 1.807) is 6.92 Å². The van der Waals surface area contributed by atoms with Crippen LogP contribution >= 0.6 is 0 Å². The smallest absolute Gasteiger partial charge is 0.325 e. The maximum atomic E-state index is 14.6. The van der Waals surface area contributed by atoms with Crippen LogP contribution in [0.25, 0.3) is 0 Å². The lowest BCUT2D eigenvalue weighted by Crippen LogP contribution is -2.72. The maximum absolute atomic E-state index is 14.6. The first-order chi connectivity index (χ1) is 16.6. The Kier molecular flexibility index (Phi) is 12.0. The number of carbonyl (C=O) groups excluding carboxylic acids is 2. The Bertz CT molecular complexity index is 759. The van der Waals surface area contributed by atoms with Gasteiger partial charge in [0.2, 0.25) is 11.8 Å². The van der Waals surface area contributed by atoms with E-state index in [0.29, 0.717) is 19.3 Å². The predicted octanol–water partition coefficient (Wildman–Crippen LogP) is -2.73. The highest BCUT2D eigenvalue weighted by Gasteiger charge is 2.65. The van der Waals surface area contributed by atoms with Crippen LogP contribution in [0.3, 0.4) is 0 Å². The van der Waals surface area contributed by atoms with Crippen molar-refractivity contribution in [1.29, 1.82) is 0 Å². The molecule has 0 unspecified atom stereocenters. The number of alkyl halides is 2. The second-order valence-electron chi connectivity index (χ2n) is 9.04. The first-order valence-corrected chi connectivity index (χ1v) is 11.6. The number of aliphatic hydroxyl groups is 5. The molecule has 0 spiro atoms. The maximum Gasteiger partial charge on any atom is 0.325 e. The van der Waals surface area contributed by atoms with Crippen molar-refractivity contribution < 1.29 is 58.5 Å². The normalized spacial score (nSPS) is 29.2. The van der Waals surface area contributed by atoms with Gasteiger partial charge in [0.15, 0.2) is 0 Å². The Balaban J connectivity index is 2.43. The fraction of sp³-hybridized carbons (Fsp3) is 0.857. The van der Waals surface area contributed by atoms with Gasteiger partial charge < -0.3 is 51.3 Å². The topological polar surface area (TPSA) is 218 Å². The van der Waals surface area contributed by atoms with Crippen molar-refractivity contribution in [3.05, 3.63) is 0 Å². The Morgan fingerprint density at radius 3 is 2.14 bits per heavy atom. The van der Waals surface area contributed by atoms with Crippen LogP contribution in [0.5, 0.6) is 0 Å². The molecule has 15 heteroatoms. The van der Waals surface area contributed by atoms with Crippen LogP contribution in [0.1, 0.15) is 40.0 Å². The summed E-state index contributed by atoms with van der Waals surface area (Å²) in [5.74, 6) is -10.5. The van der Waals surface area contributed by atoms with Crippen LogP contribution < -0.4 is 16.0 Å². The lowest BCUT2D eigenvalue weighted by Gasteiger charge is -2.48. The summed E-state index contributed by atoms with van der Waals surface area (Å²) in [6, 6.07) is -2.07. The second-order valence-corrected chi connectivity index (χ2v) is 9.04. The molecule has 210 valence electrons. The zero-order chi connectivity index (χ0) is 27.8. The summed E-state index contributed by atoms with van der Waals surface area (Å²) in [5, 5.41) is 64.6. The Morgan fingerprint density at radius 1 is 1.00 bits per heavy atom. The van der Waals surface area contributed by atoms with Gasteiger partial charge in [-0.2, -0.15) is 8.78 Å². The third-order valence-electron chi connectivity index (χ3n) is 6.01. The number of hydrogen-bond acceptors (Lipinski definition) is 10. The summed E-state index contributed by atoms with van der Waals surface area (Å²) in [7, 11) is 0. The summed E-state index contributed by atoms with van der Waals surface area (Å²) in [4.78, 5) is 34.9. The summed E-state index contributed by atoms with van der Waals surface area (Å²) in [5.41, 5.74) is 0. The first kappa shape index (κ1) is 32.0. The molecule has 1 aliphatic heterocycles. The molecule has 1 saturated heterocycles. The van der Waals surface area contributed by atoms with E-state index in [1.165, 1.54) is 13.8 Å². The van der Waals surface area contributed by atoms with Crippen LogP contribution in [-0.4, -0.2) is 116 Å². The van der Waals surface area contributed by atoms with Gasteiger partial charge in [-0.15, -0.1) is 0 Å². The molecule has 0 radical (unpaired) electrons. The Hall–Kier alpha value is -2.01. The highest BCUT2D eigenvalue weighted by atomic mass is 19.3. The zero-order valence-corrected chi connectivity index (χ0v) is 20.4. The van der Waals surface area contributed by atoms with Gasteiger partial charge >= 0.3 is 11.9 Å². The molecule has 1 rings (SSSR count). The number of carboxylic acids is 1. The number of rotatable bonds is 14. The number of hydrogen-bond donors (Lipinski definition) is 9. The third-order valence-corrected chi connectivity index (χ3v) is 6.01. The Labute approximate surface area is 206 Å². The van der Waals surface area contributed by atoms with Crippen molar-refractivity contribution in [3.8, 4) is 0 Å². The summed E-state index contributed by atoms with van der Waals surface area (Å²) < 4.78 is 33.9. The second kappa shape index (κ2) is 13.5. The number of carbonyl (C=O) groups is 3. The molecule has 1 aliphatic rings. The fourth-order valence-corrected chi connectivity index (χ4v) is 3.48. The van der Waals surface area contributed by atoms with Crippen LogP contribution in [0.2, 0.25) is 0 Å². The minimum atomic E-state index is -4.11. The minimum Gasteiger partial charge on any atom is -0.480 e. The fourth-order valence-electron chi connectivity index (χ4n) is 3.48. The van der Waals surface area contributed by atoms with Crippen LogP contribution in [0.4, 0.5) is 8.78 Å². The predicted molar refractivity (Wildman–Crippen MR) is 119 cm³/mol. The molecule has 2 amide bonds. The zero-order valence-electron chi connectivity index (χ0n) is 20.4. The molecule has 0 aromatic carbocycles. The molecule has 1 heterocycles. The molecule has 0 aliphatic carbocycles. The third kappa shape index (κ3) is 7.99.